The van der Waals surface area contributed by atoms with Crippen molar-refractivity contribution in [2.75, 3.05) is 12.3 Å². The molecule has 2 aromatic rings. The molecule has 0 saturated carbocycles. The van der Waals surface area contributed by atoms with Gasteiger partial charge in [-0.1, -0.05) is 13.8 Å². The predicted molar refractivity (Wildman–Crippen MR) is 60.8 cm³/mol. The lowest BCUT2D eigenvalue weighted by molar-refractivity contribution is 0.254. The van der Waals surface area contributed by atoms with Gasteiger partial charge in [0.25, 0.3) is 6.01 Å². The highest BCUT2D eigenvalue weighted by Gasteiger charge is 2.04. The molecule has 0 fully saturated rings. The summed E-state index contributed by atoms with van der Waals surface area (Å²) in [7, 11) is 0. The summed E-state index contributed by atoms with van der Waals surface area (Å²) in [6.07, 6.45) is 0. The number of aromatic nitrogens is 2. The Morgan fingerprint density at radius 3 is 3.00 bits per heavy atom. The number of nitrogens with zero attached hydrogens (tertiary/aromatic N) is 1. The molecule has 0 aliphatic rings. The fourth-order valence-corrected chi connectivity index (χ4v) is 1.32. The number of nitrogens with one attached hydrogen (secondary N) is 1. The molecule has 1 aromatic carbocycles. The number of H-pyrrole nitrogens is 1. The number of hydrogen-bond donors (Lipinski definition) is 2. The van der Waals surface area contributed by atoms with Crippen LogP contribution in [0.5, 0.6) is 6.01 Å². The van der Waals surface area contributed by atoms with E-state index in [1.807, 2.05) is 18.2 Å². The van der Waals surface area contributed by atoms with Gasteiger partial charge in [0.05, 0.1) is 17.6 Å². The Labute approximate surface area is 88.5 Å². The second-order valence-electron chi connectivity index (χ2n) is 4.02. The summed E-state index contributed by atoms with van der Waals surface area (Å²) in [5.41, 5.74) is 8.18. The first kappa shape index (κ1) is 9.83. The van der Waals surface area contributed by atoms with Crippen LogP contribution in [0.2, 0.25) is 0 Å². The van der Waals surface area contributed by atoms with Crippen LogP contribution in [-0.2, 0) is 0 Å². The number of fused-ring (bicyclic) bond motifs is 1. The van der Waals surface area contributed by atoms with Crippen LogP contribution in [0.15, 0.2) is 18.2 Å². The molecule has 0 saturated heterocycles. The van der Waals surface area contributed by atoms with Crippen molar-refractivity contribution in [3.05, 3.63) is 18.2 Å². The van der Waals surface area contributed by atoms with E-state index in [0.717, 1.165) is 16.7 Å². The summed E-state index contributed by atoms with van der Waals surface area (Å²) in [6.45, 7) is 4.86. The highest BCUT2D eigenvalue weighted by molar-refractivity contribution is 5.79. The third kappa shape index (κ3) is 2.21. The number of benzene rings is 1. The van der Waals surface area contributed by atoms with Gasteiger partial charge >= 0.3 is 0 Å². The molecule has 2 rings (SSSR count). The zero-order valence-corrected chi connectivity index (χ0v) is 8.95. The van der Waals surface area contributed by atoms with Crippen LogP contribution < -0.4 is 10.5 Å². The van der Waals surface area contributed by atoms with Crippen molar-refractivity contribution in [2.24, 2.45) is 5.92 Å². The van der Waals surface area contributed by atoms with Crippen molar-refractivity contribution in [3.8, 4) is 6.01 Å². The highest BCUT2D eigenvalue weighted by atomic mass is 16.5. The van der Waals surface area contributed by atoms with Gasteiger partial charge in [-0.25, -0.2) is 0 Å². The van der Waals surface area contributed by atoms with Crippen molar-refractivity contribution in [3.63, 3.8) is 0 Å². The number of aromatic amines is 1. The van der Waals surface area contributed by atoms with Crippen LogP contribution in [-0.4, -0.2) is 16.6 Å². The van der Waals surface area contributed by atoms with Gasteiger partial charge in [-0.15, -0.1) is 0 Å². The summed E-state index contributed by atoms with van der Waals surface area (Å²) >= 11 is 0. The Bertz CT molecular complexity index is 462. The summed E-state index contributed by atoms with van der Waals surface area (Å²) in [6, 6.07) is 6.12. The minimum Gasteiger partial charge on any atom is -0.465 e. The first-order valence-corrected chi connectivity index (χ1v) is 5.03. The van der Waals surface area contributed by atoms with Crippen LogP contribution in [0.3, 0.4) is 0 Å². The lowest BCUT2D eigenvalue weighted by Crippen LogP contribution is -2.05. The second kappa shape index (κ2) is 3.81. The Kier molecular flexibility index (Phi) is 2.49. The van der Waals surface area contributed by atoms with Gasteiger partial charge in [0, 0.05) is 5.69 Å². The number of imidazole rings is 1. The first-order valence-electron chi connectivity index (χ1n) is 5.03. The van der Waals surface area contributed by atoms with Crippen LogP contribution in [0, 0.1) is 5.92 Å². The first-order chi connectivity index (χ1) is 7.15. The number of nitrogen functional groups attached to an aromatic ring is 1. The topological polar surface area (TPSA) is 63.9 Å². The van der Waals surface area contributed by atoms with Crippen LogP contribution in [0.4, 0.5) is 5.69 Å². The Morgan fingerprint density at radius 2 is 2.27 bits per heavy atom. The maximum atomic E-state index is 5.67. The monoisotopic (exact) mass is 205 g/mol. The molecule has 0 amide bonds. The van der Waals surface area contributed by atoms with E-state index in [9.17, 15) is 0 Å². The molecule has 0 bridgehead atoms. The lowest BCUT2D eigenvalue weighted by atomic mass is 10.2. The molecular formula is C11H15N3O. The highest BCUT2D eigenvalue weighted by Crippen LogP contribution is 2.18. The normalized spacial score (nSPS) is 11.1. The SMILES string of the molecule is CC(C)COc1nc2ccc(N)cc2[nH]1. The number of anilines is 1. The number of hydrogen-bond acceptors (Lipinski definition) is 3. The van der Waals surface area contributed by atoms with Crippen molar-refractivity contribution < 1.29 is 4.74 Å². The zero-order chi connectivity index (χ0) is 10.8. The molecular weight excluding hydrogens is 190 g/mol. The van der Waals surface area contributed by atoms with Gasteiger partial charge < -0.3 is 15.5 Å². The molecule has 4 nitrogen and oxygen atoms in total. The van der Waals surface area contributed by atoms with Gasteiger partial charge in [0.1, 0.15) is 0 Å². The van der Waals surface area contributed by atoms with Crippen LogP contribution in [0.1, 0.15) is 13.8 Å². The molecule has 0 unspecified atom stereocenters. The molecule has 80 valence electrons. The molecule has 15 heavy (non-hydrogen) atoms. The van der Waals surface area contributed by atoms with Gasteiger partial charge in [-0.3, -0.25) is 0 Å². The van der Waals surface area contributed by atoms with E-state index < -0.39 is 0 Å². The van der Waals surface area contributed by atoms with E-state index in [1.165, 1.54) is 0 Å². The number of ether oxygens (including phenoxy) is 1. The predicted octanol–water partition coefficient (Wildman–Crippen LogP) is 2.18. The summed E-state index contributed by atoms with van der Waals surface area (Å²) in [4.78, 5) is 7.37. The summed E-state index contributed by atoms with van der Waals surface area (Å²) < 4.78 is 5.48. The third-order valence-corrected chi connectivity index (χ3v) is 2.04. The van der Waals surface area contributed by atoms with Crippen molar-refractivity contribution in [1.29, 1.82) is 0 Å². The standard InChI is InChI=1S/C11H15N3O/c1-7(2)6-15-11-13-9-4-3-8(12)5-10(9)14-11/h3-5,7H,6,12H2,1-2H3,(H,13,14). The third-order valence-electron chi connectivity index (χ3n) is 2.04. The zero-order valence-electron chi connectivity index (χ0n) is 8.95. The van der Waals surface area contributed by atoms with Crippen LogP contribution >= 0.6 is 0 Å². The van der Waals surface area contributed by atoms with Gasteiger partial charge in [-0.05, 0) is 24.1 Å². The van der Waals surface area contributed by atoms with E-state index in [1.54, 1.807) is 0 Å². The Morgan fingerprint density at radius 1 is 1.47 bits per heavy atom. The maximum absolute atomic E-state index is 5.67. The van der Waals surface area contributed by atoms with Crippen molar-refractivity contribution >= 4 is 16.7 Å². The minimum atomic E-state index is 0.489. The number of nitrogens with two attached hydrogens (primary N) is 1. The molecule has 4 heteroatoms. The van der Waals surface area contributed by atoms with E-state index in [0.29, 0.717) is 18.5 Å². The maximum Gasteiger partial charge on any atom is 0.294 e. The second-order valence-corrected chi connectivity index (χ2v) is 4.02. The van der Waals surface area contributed by atoms with E-state index in [4.69, 9.17) is 10.5 Å². The molecule has 3 N–H and O–H groups in total. The molecule has 1 aromatic heterocycles. The molecule has 1 heterocycles. The van der Waals surface area contributed by atoms with Gasteiger partial charge in [-0.2, -0.15) is 4.98 Å². The fraction of sp³-hybridized carbons (Fsp3) is 0.364. The van der Waals surface area contributed by atoms with Gasteiger partial charge in [0.2, 0.25) is 0 Å². The summed E-state index contributed by atoms with van der Waals surface area (Å²) in [5.74, 6) is 0.489. The lowest BCUT2D eigenvalue weighted by Gasteiger charge is -2.03. The van der Waals surface area contributed by atoms with Gasteiger partial charge in [0.15, 0.2) is 0 Å². The average Bonchev–Trinajstić information content (AvgIpc) is 2.56. The molecule has 0 radical (unpaired) electrons. The Hall–Kier alpha value is -1.71. The van der Waals surface area contributed by atoms with E-state index in [2.05, 4.69) is 23.8 Å². The van der Waals surface area contributed by atoms with Crippen molar-refractivity contribution in [2.45, 2.75) is 13.8 Å². The molecule has 0 atom stereocenters. The van der Waals surface area contributed by atoms with E-state index >= 15 is 0 Å². The number of rotatable bonds is 3. The Balaban J connectivity index is 2.23. The van der Waals surface area contributed by atoms with E-state index in [-0.39, 0.29) is 0 Å². The van der Waals surface area contributed by atoms with Crippen molar-refractivity contribution in [1.82, 2.24) is 9.97 Å². The average molecular weight is 205 g/mol. The quantitative estimate of drug-likeness (QED) is 0.755. The largest absolute Gasteiger partial charge is 0.465 e. The smallest absolute Gasteiger partial charge is 0.294 e. The van der Waals surface area contributed by atoms with Crippen LogP contribution in [0.25, 0.3) is 11.0 Å². The summed E-state index contributed by atoms with van der Waals surface area (Å²) in [5, 5.41) is 0. The minimum absolute atomic E-state index is 0.489. The molecule has 0 aliphatic heterocycles. The molecule has 0 spiro atoms. The fourth-order valence-electron chi connectivity index (χ4n) is 1.32. The molecule has 0 aliphatic carbocycles.